The largest absolute Gasteiger partial charge is 0.281 e. The van der Waals surface area contributed by atoms with Crippen molar-refractivity contribution in [2.24, 2.45) is 0 Å². The third kappa shape index (κ3) is 2.46. The molecular weight excluding hydrogens is 286 g/mol. The number of benzene rings is 1. The Morgan fingerprint density at radius 3 is 2.68 bits per heavy atom. The number of hydrogen-bond donors (Lipinski definition) is 1. The first-order valence-electron chi connectivity index (χ1n) is 5.61. The van der Waals surface area contributed by atoms with Gasteiger partial charge in [0.15, 0.2) is 5.03 Å². The molecule has 0 saturated heterocycles. The van der Waals surface area contributed by atoms with Crippen LogP contribution in [0.25, 0.3) is 0 Å². The summed E-state index contributed by atoms with van der Waals surface area (Å²) in [6.45, 7) is 1.86. The van der Waals surface area contributed by atoms with E-state index in [4.69, 9.17) is 11.6 Å². The van der Waals surface area contributed by atoms with Gasteiger partial charge in [0.25, 0.3) is 10.0 Å². The fourth-order valence-electron chi connectivity index (χ4n) is 1.80. The smallest absolute Gasteiger partial charge is 0.268 e. The molecule has 5 nitrogen and oxygen atoms in total. The van der Waals surface area contributed by atoms with Crippen molar-refractivity contribution < 1.29 is 8.42 Å². The van der Waals surface area contributed by atoms with Crippen molar-refractivity contribution in [2.45, 2.75) is 17.8 Å². The van der Waals surface area contributed by atoms with Crippen molar-refractivity contribution in [1.29, 1.82) is 0 Å². The van der Waals surface area contributed by atoms with Crippen LogP contribution < -0.4 is 4.31 Å². The molecule has 2 aromatic rings. The fourth-order valence-corrected chi connectivity index (χ4v) is 3.44. The number of sulfonamides is 1. The minimum atomic E-state index is -3.68. The first-order valence-corrected chi connectivity index (χ1v) is 7.58. The van der Waals surface area contributed by atoms with E-state index < -0.39 is 10.0 Å². The van der Waals surface area contributed by atoms with Crippen molar-refractivity contribution in [2.75, 3.05) is 11.4 Å². The number of hydrogen-bond acceptors (Lipinski definition) is 3. The van der Waals surface area contributed by atoms with E-state index in [9.17, 15) is 8.42 Å². The minimum Gasteiger partial charge on any atom is -0.268 e. The first-order chi connectivity index (χ1) is 8.98. The van der Waals surface area contributed by atoms with Crippen LogP contribution >= 0.6 is 11.6 Å². The number of rotatable bonds is 4. The third-order valence-corrected chi connectivity index (χ3v) is 4.97. The second kappa shape index (κ2) is 5.22. The molecule has 0 saturated carbocycles. The lowest BCUT2D eigenvalue weighted by atomic mass is 10.2. The molecule has 19 heavy (non-hydrogen) atoms. The number of halogens is 1. The van der Waals surface area contributed by atoms with Crippen LogP contribution in [0.1, 0.15) is 11.1 Å². The van der Waals surface area contributed by atoms with Crippen LogP contribution in [0.2, 0.25) is 0 Å². The maximum absolute atomic E-state index is 12.5. The van der Waals surface area contributed by atoms with Gasteiger partial charge in [0.05, 0.1) is 17.8 Å². The second-order valence-electron chi connectivity index (χ2n) is 4.12. The molecule has 7 heteroatoms. The van der Waals surface area contributed by atoms with E-state index in [0.29, 0.717) is 11.3 Å². The van der Waals surface area contributed by atoms with Gasteiger partial charge in [-0.3, -0.25) is 9.40 Å². The van der Waals surface area contributed by atoms with Crippen LogP contribution in [0.3, 0.4) is 0 Å². The Labute approximate surface area is 117 Å². The molecule has 1 N–H and O–H groups in total. The van der Waals surface area contributed by atoms with E-state index in [1.54, 1.807) is 12.1 Å². The van der Waals surface area contributed by atoms with E-state index in [0.717, 1.165) is 5.56 Å². The Balaban J connectivity index is 2.49. The highest BCUT2D eigenvalue weighted by molar-refractivity contribution is 7.92. The summed E-state index contributed by atoms with van der Waals surface area (Å²) in [7, 11) is -2.17. The normalized spacial score (nSPS) is 11.5. The number of alkyl halides is 1. The number of para-hydroxylation sites is 1. The number of anilines is 1. The molecule has 0 amide bonds. The van der Waals surface area contributed by atoms with E-state index in [-0.39, 0.29) is 10.9 Å². The van der Waals surface area contributed by atoms with Crippen LogP contribution in [0.4, 0.5) is 5.69 Å². The highest BCUT2D eigenvalue weighted by atomic mass is 35.5. The lowest BCUT2D eigenvalue weighted by Crippen LogP contribution is -2.28. The average molecular weight is 300 g/mol. The van der Waals surface area contributed by atoms with E-state index in [1.807, 2.05) is 19.1 Å². The summed E-state index contributed by atoms with van der Waals surface area (Å²) in [5.74, 6) is 0.0900. The predicted octanol–water partition coefficient (Wildman–Crippen LogP) is 2.28. The Morgan fingerprint density at radius 2 is 2.05 bits per heavy atom. The summed E-state index contributed by atoms with van der Waals surface area (Å²) in [4.78, 5) is 0. The molecule has 1 aromatic carbocycles. The van der Waals surface area contributed by atoms with E-state index >= 15 is 0 Å². The van der Waals surface area contributed by atoms with Crippen LogP contribution in [-0.2, 0) is 15.9 Å². The van der Waals surface area contributed by atoms with Crippen molar-refractivity contribution in [3.63, 3.8) is 0 Å². The average Bonchev–Trinajstić information content (AvgIpc) is 2.87. The highest BCUT2D eigenvalue weighted by Gasteiger charge is 2.26. The highest BCUT2D eigenvalue weighted by Crippen LogP contribution is 2.25. The molecule has 0 aliphatic carbocycles. The van der Waals surface area contributed by atoms with Gasteiger partial charge in [0, 0.05) is 12.6 Å². The summed E-state index contributed by atoms with van der Waals surface area (Å²) >= 11 is 5.72. The predicted molar refractivity (Wildman–Crippen MR) is 74.9 cm³/mol. The molecule has 0 spiro atoms. The molecule has 0 bridgehead atoms. The van der Waals surface area contributed by atoms with Crippen LogP contribution in [-0.4, -0.2) is 25.7 Å². The summed E-state index contributed by atoms with van der Waals surface area (Å²) < 4.78 is 26.3. The van der Waals surface area contributed by atoms with Crippen LogP contribution in [0, 0.1) is 6.92 Å². The van der Waals surface area contributed by atoms with Gasteiger partial charge in [-0.05, 0) is 18.6 Å². The zero-order valence-electron chi connectivity index (χ0n) is 10.6. The van der Waals surface area contributed by atoms with E-state index in [2.05, 4.69) is 10.2 Å². The number of H-pyrrole nitrogens is 1. The van der Waals surface area contributed by atoms with Gasteiger partial charge in [-0.25, -0.2) is 0 Å². The SMILES string of the molecule is Cc1ccccc1N(C)S(=O)(=O)c1[nH]ncc1CCl. The number of aromatic amines is 1. The maximum Gasteiger partial charge on any atom is 0.281 e. The van der Waals surface area contributed by atoms with E-state index in [1.165, 1.54) is 17.5 Å². The second-order valence-corrected chi connectivity index (χ2v) is 6.29. The van der Waals surface area contributed by atoms with Gasteiger partial charge in [-0.2, -0.15) is 13.5 Å². The lowest BCUT2D eigenvalue weighted by Gasteiger charge is -2.20. The molecule has 0 aliphatic heterocycles. The van der Waals surface area contributed by atoms with Crippen LogP contribution in [0.15, 0.2) is 35.5 Å². The zero-order valence-corrected chi connectivity index (χ0v) is 12.2. The summed E-state index contributed by atoms with van der Waals surface area (Å²) in [6, 6.07) is 7.27. The van der Waals surface area contributed by atoms with Gasteiger partial charge in [-0.15, -0.1) is 11.6 Å². The Bertz CT molecular complexity index is 682. The molecule has 1 heterocycles. The summed E-state index contributed by atoms with van der Waals surface area (Å²) in [5.41, 5.74) is 1.96. The van der Waals surface area contributed by atoms with Gasteiger partial charge in [0.1, 0.15) is 0 Å². The maximum atomic E-state index is 12.5. The summed E-state index contributed by atoms with van der Waals surface area (Å²) in [6.07, 6.45) is 1.42. The molecule has 0 aliphatic rings. The molecular formula is C12H14ClN3O2S. The van der Waals surface area contributed by atoms with Gasteiger partial charge >= 0.3 is 0 Å². The Morgan fingerprint density at radius 1 is 1.37 bits per heavy atom. The van der Waals surface area contributed by atoms with Crippen molar-refractivity contribution in [3.05, 3.63) is 41.6 Å². The first kappa shape index (κ1) is 13.9. The van der Waals surface area contributed by atoms with Gasteiger partial charge < -0.3 is 0 Å². The zero-order chi connectivity index (χ0) is 14.0. The molecule has 0 radical (unpaired) electrons. The standard InChI is InChI=1S/C12H14ClN3O2S/c1-9-5-3-4-6-11(9)16(2)19(17,18)12-10(7-13)8-14-15-12/h3-6,8H,7H2,1-2H3,(H,14,15). The number of nitrogens with one attached hydrogen (secondary N) is 1. The molecule has 0 unspecified atom stereocenters. The minimum absolute atomic E-state index is 0.0354. The topological polar surface area (TPSA) is 66.1 Å². The lowest BCUT2D eigenvalue weighted by molar-refractivity contribution is 0.589. The monoisotopic (exact) mass is 299 g/mol. The van der Waals surface area contributed by atoms with Gasteiger partial charge in [-0.1, -0.05) is 18.2 Å². The van der Waals surface area contributed by atoms with Crippen molar-refractivity contribution in [3.8, 4) is 0 Å². The van der Waals surface area contributed by atoms with Crippen molar-refractivity contribution in [1.82, 2.24) is 10.2 Å². The third-order valence-electron chi connectivity index (χ3n) is 2.90. The molecule has 0 atom stereocenters. The number of aromatic nitrogens is 2. The Kier molecular flexibility index (Phi) is 3.82. The van der Waals surface area contributed by atoms with Crippen LogP contribution in [0.5, 0.6) is 0 Å². The number of nitrogens with zero attached hydrogens (tertiary/aromatic N) is 2. The molecule has 2 rings (SSSR count). The Hall–Kier alpha value is -1.53. The molecule has 102 valence electrons. The number of aryl methyl sites for hydroxylation is 1. The fraction of sp³-hybridized carbons (Fsp3) is 0.250. The quantitative estimate of drug-likeness (QED) is 0.881. The molecule has 1 aromatic heterocycles. The molecule has 0 fully saturated rings. The van der Waals surface area contributed by atoms with Crippen molar-refractivity contribution >= 4 is 27.3 Å². The van der Waals surface area contributed by atoms with Gasteiger partial charge in [0.2, 0.25) is 0 Å². The summed E-state index contributed by atoms with van der Waals surface area (Å²) in [5, 5.41) is 6.28.